The van der Waals surface area contributed by atoms with Crippen LogP contribution in [0.15, 0.2) is 24.3 Å². The molecule has 2 saturated heterocycles. The van der Waals surface area contributed by atoms with E-state index in [0.717, 1.165) is 18.6 Å². The van der Waals surface area contributed by atoms with E-state index < -0.39 is 5.79 Å². The van der Waals surface area contributed by atoms with E-state index in [4.69, 9.17) is 14.2 Å². The van der Waals surface area contributed by atoms with Crippen molar-refractivity contribution in [3.63, 3.8) is 0 Å². The summed E-state index contributed by atoms with van der Waals surface area (Å²) in [6.07, 6.45) is 1.47. The van der Waals surface area contributed by atoms with E-state index >= 15 is 0 Å². The molecule has 2 aliphatic heterocycles. The largest absolute Gasteiger partial charge is 0.492 e. The van der Waals surface area contributed by atoms with Gasteiger partial charge in [-0.1, -0.05) is 26.0 Å². The van der Waals surface area contributed by atoms with Gasteiger partial charge in [-0.2, -0.15) is 0 Å². The van der Waals surface area contributed by atoms with Gasteiger partial charge in [-0.15, -0.1) is 0 Å². The molecule has 1 aromatic carbocycles. The molecule has 0 saturated carbocycles. The number of hydrogen-bond acceptors (Lipinski definition) is 4. The van der Waals surface area contributed by atoms with Crippen LogP contribution in [0.25, 0.3) is 0 Å². The van der Waals surface area contributed by atoms with Gasteiger partial charge in [-0.3, -0.25) is 0 Å². The van der Waals surface area contributed by atoms with Crippen LogP contribution in [0.5, 0.6) is 5.75 Å². The molecule has 2 aliphatic rings. The smallest absolute Gasteiger partial charge is 0.317 e. The molecule has 1 aromatic rings. The van der Waals surface area contributed by atoms with E-state index in [1.165, 1.54) is 5.56 Å². The predicted octanol–water partition coefficient (Wildman–Crippen LogP) is 2.74. The molecule has 0 atom stereocenters. The maximum atomic E-state index is 12.2. The summed E-state index contributed by atoms with van der Waals surface area (Å²) < 4.78 is 17.0. The summed E-state index contributed by atoms with van der Waals surface area (Å²) in [5.41, 5.74) is 1.29. The lowest BCUT2D eigenvalue weighted by Gasteiger charge is -2.37. The minimum atomic E-state index is -0.442. The molecule has 6 heteroatoms. The third-order valence-corrected chi connectivity index (χ3v) is 4.82. The second-order valence-corrected chi connectivity index (χ2v) is 6.90. The van der Waals surface area contributed by atoms with Gasteiger partial charge < -0.3 is 24.4 Å². The van der Waals surface area contributed by atoms with Crippen molar-refractivity contribution in [1.29, 1.82) is 0 Å². The van der Waals surface area contributed by atoms with Crippen molar-refractivity contribution in [2.24, 2.45) is 0 Å². The van der Waals surface area contributed by atoms with E-state index in [1.807, 2.05) is 17.0 Å². The highest BCUT2D eigenvalue weighted by molar-refractivity contribution is 5.74. The molecule has 3 rings (SSSR count). The second-order valence-electron chi connectivity index (χ2n) is 6.90. The maximum Gasteiger partial charge on any atom is 0.317 e. The van der Waals surface area contributed by atoms with E-state index in [1.54, 1.807) is 0 Å². The van der Waals surface area contributed by atoms with Crippen LogP contribution in [0.3, 0.4) is 0 Å². The molecule has 1 spiro atoms. The number of amides is 2. The summed E-state index contributed by atoms with van der Waals surface area (Å²) in [4.78, 5) is 14.0. The Labute approximate surface area is 149 Å². The van der Waals surface area contributed by atoms with Crippen LogP contribution < -0.4 is 10.1 Å². The Bertz CT molecular complexity index is 557. The number of likely N-dealkylation sites (tertiary alicyclic amines) is 1. The van der Waals surface area contributed by atoms with E-state index in [0.29, 0.717) is 45.4 Å². The first-order valence-corrected chi connectivity index (χ1v) is 9.11. The Kier molecular flexibility index (Phi) is 5.81. The first-order chi connectivity index (χ1) is 12.1. The average Bonchev–Trinajstić information content (AvgIpc) is 3.07. The number of benzene rings is 1. The molecule has 2 fully saturated rings. The van der Waals surface area contributed by atoms with Crippen molar-refractivity contribution in [2.45, 2.75) is 38.4 Å². The summed E-state index contributed by atoms with van der Waals surface area (Å²) in [5.74, 6) is 0.897. The Morgan fingerprint density at radius 1 is 1.20 bits per heavy atom. The van der Waals surface area contributed by atoms with Crippen molar-refractivity contribution in [3.8, 4) is 5.75 Å². The van der Waals surface area contributed by atoms with Gasteiger partial charge in [0.25, 0.3) is 0 Å². The number of piperidine rings is 1. The summed E-state index contributed by atoms with van der Waals surface area (Å²) in [7, 11) is 0. The van der Waals surface area contributed by atoms with Crippen LogP contribution in [0, 0.1) is 0 Å². The molecule has 0 aliphatic carbocycles. The molecule has 0 radical (unpaired) electrons. The average molecular weight is 348 g/mol. The molecule has 2 heterocycles. The molecule has 2 amide bonds. The number of nitrogens with one attached hydrogen (secondary N) is 1. The normalized spacial score (nSPS) is 19.4. The Morgan fingerprint density at radius 3 is 2.44 bits per heavy atom. The van der Waals surface area contributed by atoms with Crippen molar-refractivity contribution in [2.75, 3.05) is 39.5 Å². The minimum Gasteiger partial charge on any atom is -0.492 e. The SMILES string of the molecule is CC(C)c1ccc(OCCNC(=O)N2CCC3(CC2)OCCO3)cc1. The fourth-order valence-electron chi connectivity index (χ4n) is 3.22. The van der Waals surface area contributed by atoms with Gasteiger partial charge in [-0.25, -0.2) is 4.79 Å². The molecule has 0 aromatic heterocycles. The lowest BCUT2D eigenvalue weighted by Crippen LogP contribution is -2.50. The first kappa shape index (κ1) is 18.0. The topological polar surface area (TPSA) is 60.0 Å². The van der Waals surface area contributed by atoms with Crippen LogP contribution in [-0.2, 0) is 9.47 Å². The number of ether oxygens (including phenoxy) is 3. The molecule has 6 nitrogen and oxygen atoms in total. The van der Waals surface area contributed by atoms with Crippen molar-refractivity contribution in [1.82, 2.24) is 10.2 Å². The number of carbonyl (C=O) groups is 1. The standard InChI is InChI=1S/C19H28N2O4/c1-15(2)16-3-5-17(6-4-16)23-12-9-20-18(22)21-10-7-19(8-11-21)24-13-14-25-19/h3-6,15H,7-14H2,1-2H3,(H,20,22). The van der Waals surface area contributed by atoms with Gasteiger partial charge in [-0.05, 0) is 23.6 Å². The predicted molar refractivity (Wildman–Crippen MR) is 94.9 cm³/mol. The number of rotatable bonds is 5. The summed E-state index contributed by atoms with van der Waals surface area (Å²) >= 11 is 0. The van der Waals surface area contributed by atoms with Crippen LogP contribution in [-0.4, -0.2) is 56.2 Å². The first-order valence-electron chi connectivity index (χ1n) is 9.11. The van der Waals surface area contributed by atoms with Gasteiger partial charge in [0.15, 0.2) is 5.79 Å². The Morgan fingerprint density at radius 2 is 1.84 bits per heavy atom. The van der Waals surface area contributed by atoms with Crippen molar-refractivity contribution >= 4 is 6.03 Å². The number of carbonyl (C=O) groups excluding carboxylic acids is 1. The van der Waals surface area contributed by atoms with Crippen LogP contribution in [0.1, 0.15) is 38.2 Å². The van der Waals surface area contributed by atoms with Crippen molar-refractivity contribution < 1.29 is 19.0 Å². The highest BCUT2D eigenvalue weighted by Gasteiger charge is 2.40. The highest BCUT2D eigenvalue weighted by Crippen LogP contribution is 2.31. The third kappa shape index (κ3) is 4.64. The molecule has 25 heavy (non-hydrogen) atoms. The minimum absolute atomic E-state index is 0.0494. The van der Waals surface area contributed by atoms with Crippen LogP contribution >= 0.6 is 0 Å². The fourth-order valence-corrected chi connectivity index (χ4v) is 3.22. The van der Waals surface area contributed by atoms with E-state index in [2.05, 4.69) is 31.3 Å². The molecule has 0 bridgehead atoms. The van der Waals surface area contributed by atoms with Crippen LogP contribution in [0.2, 0.25) is 0 Å². The molecule has 0 unspecified atom stereocenters. The third-order valence-electron chi connectivity index (χ3n) is 4.82. The van der Waals surface area contributed by atoms with Gasteiger partial charge in [0.2, 0.25) is 0 Å². The van der Waals surface area contributed by atoms with Gasteiger partial charge in [0.1, 0.15) is 12.4 Å². The molecular formula is C19H28N2O4. The lowest BCUT2D eigenvalue weighted by molar-refractivity contribution is -0.181. The van der Waals surface area contributed by atoms with Crippen LogP contribution in [0.4, 0.5) is 4.79 Å². The zero-order chi connectivity index (χ0) is 17.7. The quantitative estimate of drug-likeness (QED) is 0.831. The number of nitrogens with zero attached hydrogens (tertiary/aromatic N) is 1. The fraction of sp³-hybridized carbons (Fsp3) is 0.632. The summed E-state index contributed by atoms with van der Waals surface area (Å²) in [5, 5.41) is 2.91. The molecule has 138 valence electrons. The second kappa shape index (κ2) is 8.06. The monoisotopic (exact) mass is 348 g/mol. The highest BCUT2D eigenvalue weighted by atomic mass is 16.7. The van der Waals surface area contributed by atoms with Crippen molar-refractivity contribution in [3.05, 3.63) is 29.8 Å². The zero-order valence-electron chi connectivity index (χ0n) is 15.1. The lowest BCUT2D eigenvalue weighted by atomic mass is 10.0. The van der Waals surface area contributed by atoms with Gasteiger partial charge in [0.05, 0.1) is 19.8 Å². The van der Waals surface area contributed by atoms with E-state index in [9.17, 15) is 4.79 Å². The molecular weight excluding hydrogens is 320 g/mol. The number of hydrogen-bond donors (Lipinski definition) is 1. The summed E-state index contributed by atoms with van der Waals surface area (Å²) in [6, 6.07) is 8.06. The maximum absolute atomic E-state index is 12.2. The van der Waals surface area contributed by atoms with Gasteiger partial charge in [0, 0.05) is 25.9 Å². The summed E-state index contributed by atoms with van der Waals surface area (Å²) in [6.45, 7) is 7.89. The van der Waals surface area contributed by atoms with E-state index in [-0.39, 0.29) is 6.03 Å². The zero-order valence-corrected chi connectivity index (χ0v) is 15.1. The molecule has 1 N–H and O–H groups in total. The number of urea groups is 1. The van der Waals surface area contributed by atoms with Gasteiger partial charge >= 0.3 is 6.03 Å². The Hall–Kier alpha value is -1.79. The Balaban J connectivity index is 1.34.